The van der Waals surface area contributed by atoms with Crippen molar-refractivity contribution in [1.29, 1.82) is 0 Å². The van der Waals surface area contributed by atoms with Gasteiger partial charge in [0.25, 0.3) is 0 Å². The average molecular weight is 533 g/mol. The first-order valence-electron chi connectivity index (χ1n) is 11.0. The second-order valence-electron chi connectivity index (χ2n) is 8.25. The summed E-state index contributed by atoms with van der Waals surface area (Å²) in [4.78, 5) is 27.6. The van der Waals surface area contributed by atoms with E-state index >= 15 is 0 Å². The minimum atomic E-state index is -0.269. The molecule has 1 aromatic carbocycles. The van der Waals surface area contributed by atoms with Gasteiger partial charge in [0.15, 0.2) is 5.82 Å². The highest BCUT2D eigenvalue weighted by atomic mass is 35.5. The van der Waals surface area contributed by atoms with Crippen LogP contribution in [-0.4, -0.2) is 74.5 Å². The molecule has 2 unspecified atom stereocenters. The zero-order chi connectivity index (χ0) is 26.0. The summed E-state index contributed by atoms with van der Waals surface area (Å²) in [6, 6.07) is 2.99. The number of nitrogens with one attached hydrogen (secondary N) is 2. The van der Waals surface area contributed by atoms with Gasteiger partial charge >= 0.3 is 0 Å². The minimum absolute atomic E-state index is 0.205. The summed E-state index contributed by atoms with van der Waals surface area (Å²) in [5.41, 5.74) is 1.61. The summed E-state index contributed by atoms with van der Waals surface area (Å²) in [5.74, 6) is 1.52. The molecule has 0 saturated carbocycles. The van der Waals surface area contributed by atoms with Gasteiger partial charge in [-0.3, -0.25) is 4.79 Å². The molecule has 1 amide bonds. The van der Waals surface area contributed by atoms with Gasteiger partial charge in [0.1, 0.15) is 17.0 Å². The maximum atomic E-state index is 11.7. The first-order chi connectivity index (χ1) is 17.3. The molecule has 2 N–H and O–H groups in total. The van der Waals surface area contributed by atoms with Crippen molar-refractivity contribution in [2.24, 2.45) is 0 Å². The van der Waals surface area contributed by atoms with E-state index in [1.165, 1.54) is 20.3 Å². The molecule has 0 spiro atoms. The number of rotatable bonds is 8. The second-order valence-corrected chi connectivity index (χ2v) is 9.00. The molecule has 2 aromatic heterocycles. The normalized spacial score (nSPS) is 17.1. The summed E-state index contributed by atoms with van der Waals surface area (Å²) in [6.45, 7) is 4.27. The molecule has 4 rings (SSSR count). The third-order valence-electron chi connectivity index (χ3n) is 5.71. The summed E-state index contributed by atoms with van der Waals surface area (Å²) >= 11 is 13.3. The van der Waals surface area contributed by atoms with Crippen LogP contribution in [0.5, 0.6) is 11.5 Å². The van der Waals surface area contributed by atoms with Crippen molar-refractivity contribution in [1.82, 2.24) is 20.3 Å². The van der Waals surface area contributed by atoms with Gasteiger partial charge in [-0.25, -0.2) is 15.0 Å². The molecule has 0 radical (unpaired) electrons. The van der Waals surface area contributed by atoms with Crippen molar-refractivity contribution < 1.29 is 19.0 Å². The van der Waals surface area contributed by atoms with Crippen LogP contribution >= 0.6 is 23.2 Å². The van der Waals surface area contributed by atoms with E-state index in [0.29, 0.717) is 63.3 Å². The Morgan fingerprint density at radius 2 is 1.81 bits per heavy atom. The SMILES string of the molecule is C=CC(=O)NC1COCC1Nc1ncc2cc(-c3c(Cl)c(OC)cc(OC)c3Cl)nc(N(C)C)c2n1. The van der Waals surface area contributed by atoms with Gasteiger partial charge in [-0.2, -0.15) is 0 Å². The van der Waals surface area contributed by atoms with Crippen LogP contribution in [0.4, 0.5) is 11.8 Å². The Hall–Kier alpha value is -3.34. The Balaban J connectivity index is 1.76. The van der Waals surface area contributed by atoms with E-state index in [4.69, 9.17) is 47.4 Å². The number of pyridine rings is 1. The third kappa shape index (κ3) is 4.97. The van der Waals surface area contributed by atoms with E-state index < -0.39 is 0 Å². The third-order valence-corrected chi connectivity index (χ3v) is 6.46. The standard InChI is InChI=1S/C24H26Cl2N6O4/c1-6-18(33)28-14-10-36-11-15(14)30-24-27-9-12-7-13(29-23(32(2)3)22(12)31-24)19-20(25)16(34-4)8-17(35-5)21(19)26/h6-9,14-15H,1,10-11H2,2-5H3,(H,28,33)(H,27,30,31). The number of halogens is 2. The van der Waals surface area contributed by atoms with E-state index in [0.717, 1.165) is 5.39 Å². The number of hydrogen-bond acceptors (Lipinski definition) is 9. The molecule has 0 aliphatic carbocycles. The summed E-state index contributed by atoms with van der Waals surface area (Å²) < 4.78 is 16.3. The summed E-state index contributed by atoms with van der Waals surface area (Å²) in [7, 11) is 6.76. The highest BCUT2D eigenvalue weighted by molar-refractivity contribution is 6.41. The second kappa shape index (κ2) is 10.7. The monoisotopic (exact) mass is 532 g/mol. The van der Waals surface area contributed by atoms with Crippen LogP contribution in [0.3, 0.4) is 0 Å². The van der Waals surface area contributed by atoms with Gasteiger partial charge in [-0.05, 0) is 12.1 Å². The van der Waals surface area contributed by atoms with Crippen LogP contribution in [0.25, 0.3) is 22.2 Å². The summed E-state index contributed by atoms with van der Waals surface area (Å²) in [5, 5.41) is 7.46. The molecule has 2 atom stereocenters. The molecule has 3 aromatic rings. The zero-order valence-corrected chi connectivity index (χ0v) is 21.8. The van der Waals surface area contributed by atoms with Gasteiger partial charge < -0.3 is 29.7 Å². The first-order valence-corrected chi connectivity index (χ1v) is 11.8. The smallest absolute Gasteiger partial charge is 0.243 e. The number of hydrogen-bond donors (Lipinski definition) is 2. The molecule has 3 heterocycles. The zero-order valence-electron chi connectivity index (χ0n) is 20.3. The lowest BCUT2D eigenvalue weighted by molar-refractivity contribution is -0.117. The number of benzene rings is 1. The van der Waals surface area contributed by atoms with Gasteiger partial charge in [-0.1, -0.05) is 29.8 Å². The average Bonchev–Trinajstić information content (AvgIpc) is 3.29. The molecule has 190 valence electrons. The topological polar surface area (TPSA) is 111 Å². The molecular weight excluding hydrogens is 507 g/mol. The Labute approximate surface area is 218 Å². The Morgan fingerprint density at radius 3 is 2.42 bits per heavy atom. The maximum Gasteiger partial charge on any atom is 0.243 e. The minimum Gasteiger partial charge on any atom is -0.495 e. The van der Waals surface area contributed by atoms with Crippen molar-refractivity contribution in [2.45, 2.75) is 12.1 Å². The predicted molar refractivity (Wildman–Crippen MR) is 141 cm³/mol. The van der Waals surface area contributed by atoms with Crippen molar-refractivity contribution in [3.05, 3.63) is 41.0 Å². The predicted octanol–water partition coefficient (Wildman–Crippen LogP) is 3.56. The lowest BCUT2D eigenvalue weighted by atomic mass is 10.1. The lowest BCUT2D eigenvalue weighted by Gasteiger charge is -2.21. The largest absolute Gasteiger partial charge is 0.495 e. The number of anilines is 2. The molecule has 1 aliphatic rings. The number of carbonyl (C=O) groups excluding carboxylic acids is 1. The van der Waals surface area contributed by atoms with Gasteiger partial charge in [0.05, 0.1) is 55.3 Å². The first kappa shape index (κ1) is 25.7. The lowest BCUT2D eigenvalue weighted by Crippen LogP contribution is -2.45. The van der Waals surface area contributed by atoms with Crippen molar-refractivity contribution >= 4 is 51.8 Å². The van der Waals surface area contributed by atoms with Crippen LogP contribution < -0.4 is 25.0 Å². The fraction of sp³-hybridized carbons (Fsp3) is 0.333. The van der Waals surface area contributed by atoms with E-state index in [-0.39, 0.29) is 18.0 Å². The molecule has 1 aliphatic heterocycles. The van der Waals surface area contributed by atoms with Crippen LogP contribution in [0.15, 0.2) is 31.0 Å². The Kier molecular flexibility index (Phi) is 7.67. The number of aromatic nitrogens is 3. The molecule has 36 heavy (non-hydrogen) atoms. The maximum absolute atomic E-state index is 11.7. The van der Waals surface area contributed by atoms with E-state index in [1.807, 2.05) is 25.1 Å². The Bertz CT molecular complexity index is 1290. The fourth-order valence-corrected chi connectivity index (χ4v) is 4.58. The van der Waals surface area contributed by atoms with E-state index in [1.54, 1.807) is 12.3 Å². The molecular formula is C24H26Cl2N6O4. The highest BCUT2D eigenvalue weighted by Crippen LogP contribution is 2.46. The fourth-order valence-electron chi connectivity index (χ4n) is 3.89. The molecule has 10 nitrogen and oxygen atoms in total. The highest BCUT2D eigenvalue weighted by Gasteiger charge is 2.30. The molecule has 1 fully saturated rings. The van der Waals surface area contributed by atoms with Crippen molar-refractivity contribution in [3.8, 4) is 22.8 Å². The number of amides is 1. The quantitative estimate of drug-likeness (QED) is 0.420. The summed E-state index contributed by atoms with van der Waals surface area (Å²) in [6.07, 6.45) is 2.92. The number of methoxy groups -OCH3 is 2. The van der Waals surface area contributed by atoms with Crippen molar-refractivity contribution in [3.63, 3.8) is 0 Å². The number of nitrogens with zero attached hydrogens (tertiary/aromatic N) is 4. The molecule has 12 heteroatoms. The van der Waals surface area contributed by atoms with Gasteiger partial charge in [-0.15, -0.1) is 0 Å². The Morgan fingerprint density at radius 1 is 1.14 bits per heavy atom. The van der Waals surface area contributed by atoms with E-state index in [9.17, 15) is 4.79 Å². The van der Waals surface area contributed by atoms with E-state index in [2.05, 4.69) is 22.2 Å². The number of ether oxygens (including phenoxy) is 3. The van der Waals surface area contributed by atoms with Crippen LogP contribution in [0, 0.1) is 0 Å². The van der Waals surface area contributed by atoms with Crippen LogP contribution in [-0.2, 0) is 9.53 Å². The number of fused-ring (bicyclic) bond motifs is 1. The van der Waals surface area contributed by atoms with Gasteiger partial charge in [0, 0.05) is 37.3 Å². The van der Waals surface area contributed by atoms with Crippen LogP contribution in [0.1, 0.15) is 0 Å². The van der Waals surface area contributed by atoms with Crippen LogP contribution in [0.2, 0.25) is 10.0 Å². The van der Waals surface area contributed by atoms with Crippen molar-refractivity contribution in [2.75, 3.05) is 51.7 Å². The molecule has 0 bridgehead atoms. The number of carbonyl (C=O) groups is 1. The van der Waals surface area contributed by atoms with Gasteiger partial charge in [0.2, 0.25) is 11.9 Å². The molecule has 1 saturated heterocycles.